The van der Waals surface area contributed by atoms with Crippen LogP contribution in [0.15, 0.2) is 29.3 Å². The lowest BCUT2D eigenvalue weighted by Gasteiger charge is -2.31. The van der Waals surface area contributed by atoms with Crippen LogP contribution in [0.3, 0.4) is 0 Å². The largest absolute Gasteiger partial charge is 0.465 e. The molecule has 3 rings (SSSR count). The van der Waals surface area contributed by atoms with E-state index in [1.807, 2.05) is 19.6 Å². The van der Waals surface area contributed by atoms with E-state index in [9.17, 15) is 26.4 Å². The van der Waals surface area contributed by atoms with Crippen LogP contribution < -0.4 is 5.19 Å². The summed E-state index contributed by atoms with van der Waals surface area (Å²) < 4.78 is 75.5. The fraction of sp³-hybridized carbons (Fsp3) is 0.545. The topological polar surface area (TPSA) is 81.5 Å². The van der Waals surface area contributed by atoms with Gasteiger partial charge in [-0.3, -0.25) is 9.48 Å². The first kappa shape index (κ1) is 26.4. The van der Waals surface area contributed by atoms with E-state index < -0.39 is 41.8 Å². The van der Waals surface area contributed by atoms with Gasteiger partial charge in [0.15, 0.2) is 0 Å². The molecule has 0 N–H and O–H groups in total. The van der Waals surface area contributed by atoms with Gasteiger partial charge in [-0.15, -0.1) is 0 Å². The number of hydrogen-bond acceptors (Lipinski definition) is 5. The molecule has 1 aromatic carbocycles. The van der Waals surface area contributed by atoms with Crippen LogP contribution in [-0.4, -0.2) is 50.2 Å². The van der Waals surface area contributed by atoms with Gasteiger partial charge in [0.25, 0.3) is 0 Å². The zero-order valence-electron chi connectivity index (χ0n) is 19.9. The Hall–Kier alpha value is -2.18. The van der Waals surface area contributed by atoms with E-state index in [-0.39, 0.29) is 18.0 Å². The molecule has 0 saturated heterocycles. The van der Waals surface area contributed by atoms with Crippen LogP contribution in [0, 0.1) is 0 Å². The number of nitrogens with zero attached hydrogens (tertiary/aromatic N) is 3. The number of ether oxygens (including phenoxy) is 1. The normalized spacial score (nSPS) is 17.0. The number of carbonyl (C=O) groups is 1. The van der Waals surface area contributed by atoms with E-state index in [0.29, 0.717) is 36.1 Å². The predicted molar refractivity (Wildman–Crippen MR) is 124 cm³/mol. The van der Waals surface area contributed by atoms with Crippen LogP contribution in [-0.2, 0) is 38.7 Å². The van der Waals surface area contributed by atoms with Crippen LogP contribution in [0.5, 0.6) is 0 Å². The Balaban J connectivity index is 2.01. The van der Waals surface area contributed by atoms with Gasteiger partial charge in [-0.25, -0.2) is 8.42 Å². The highest BCUT2D eigenvalue weighted by Crippen LogP contribution is 2.37. The van der Waals surface area contributed by atoms with Crippen molar-refractivity contribution in [3.63, 3.8) is 0 Å². The van der Waals surface area contributed by atoms with Gasteiger partial charge in [0.2, 0.25) is 10.0 Å². The molecular weight excluding hydrogens is 487 g/mol. The summed E-state index contributed by atoms with van der Waals surface area (Å²) in [5.41, 5.74) is 0.420. The number of sulfonamides is 1. The molecule has 1 heterocycles. The van der Waals surface area contributed by atoms with Crippen LogP contribution in [0.4, 0.5) is 13.2 Å². The highest BCUT2D eigenvalue weighted by atomic mass is 32.2. The average Bonchev–Trinajstić information content (AvgIpc) is 3.14. The third-order valence-corrected chi connectivity index (χ3v) is 9.90. The summed E-state index contributed by atoms with van der Waals surface area (Å²) in [5.74, 6) is -0.445. The molecule has 0 radical (unpaired) electrons. The summed E-state index contributed by atoms with van der Waals surface area (Å²) in [4.78, 5) is 11.5. The number of rotatable bonds is 7. The van der Waals surface area contributed by atoms with Gasteiger partial charge in [-0.2, -0.15) is 22.6 Å². The lowest BCUT2D eigenvalue weighted by molar-refractivity contribution is -0.144. The van der Waals surface area contributed by atoms with Crippen molar-refractivity contribution in [2.24, 2.45) is 0 Å². The van der Waals surface area contributed by atoms with Gasteiger partial charge in [0, 0.05) is 18.3 Å². The maximum Gasteiger partial charge on any atom is 0.416 e. The minimum atomic E-state index is -4.66. The maximum atomic E-state index is 13.6. The van der Waals surface area contributed by atoms with Crippen molar-refractivity contribution in [3.8, 4) is 0 Å². The van der Waals surface area contributed by atoms with Crippen LogP contribution >= 0.6 is 0 Å². The molecule has 1 aromatic heterocycles. The third kappa shape index (κ3) is 5.38. The molecule has 0 bridgehead atoms. The zero-order valence-corrected chi connectivity index (χ0v) is 21.8. The maximum absolute atomic E-state index is 13.6. The van der Waals surface area contributed by atoms with Crippen LogP contribution in [0.1, 0.15) is 42.6 Å². The molecule has 0 amide bonds. The molecule has 0 fully saturated rings. The molecule has 0 spiro atoms. The number of alkyl halides is 3. The Morgan fingerprint density at radius 2 is 1.94 bits per heavy atom. The molecule has 188 valence electrons. The third-order valence-electron chi connectivity index (χ3n) is 6.03. The summed E-state index contributed by atoms with van der Waals surface area (Å²) in [7, 11) is -5.11. The molecule has 2 aromatic rings. The van der Waals surface area contributed by atoms with E-state index in [2.05, 4.69) is 5.10 Å². The van der Waals surface area contributed by atoms with E-state index >= 15 is 0 Å². The molecule has 1 aliphatic rings. The number of carbonyl (C=O) groups excluding carboxylic acids is 1. The monoisotopic (exact) mass is 517 g/mol. The number of benzene rings is 1. The van der Waals surface area contributed by atoms with Gasteiger partial charge in [-0.1, -0.05) is 30.9 Å². The Bertz CT molecular complexity index is 1140. The summed E-state index contributed by atoms with van der Waals surface area (Å²) in [6, 6.07) is 2.54. The smallest absolute Gasteiger partial charge is 0.416 e. The molecule has 1 unspecified atom stereocenters. The highest BCUT2D eigenvalue weighted by molar-refractivity contribution is 7.89. The summed E-state index contributed by atoms with van der Waals surface area (Å²) in [5, 5.41) is 4.67. The van der Waals surface area contributed by atoms with Gasteiger partial charge >= 0.3 is 12.1 Å². The van der Waals surface area contributed by atoms with Gasteiger partial charge in [0.1, 0.15) is 6.54 Å². The second-order valence-electron chi connectivity index (χ2n) is 9.43. The molecule has 1 aliphatic carbocycles. The fourth-order valence-corrected chi connectivity index (χ4v) is 6.84. The van der Waals surface area contributed by atoms with E-state index in [1.165, 1.54) is 24.0 Å². The Morgan fingerprint density at radius 3 is 2.53 bits per heavy atom. The van der Waals surface area contributed by atoms with E-state index in [1.54, 1.807) is 6.92 Å². The number of halogens is 3. The first-order chi connectivity index (χ1) is 15.7. The standard InChI is InChI=1S/C22H30F3N3O4SSi/c1-6-32-21(29)14-28-20-9-7-8-19(18(20)13-26-28)27(2)33(30,31)16-10-15(22(23,24)25)11-17(12-16)34(3,4)5/h10-13,19H,6-9,14H2,1-5H3. The Kier molecular flexibility index (Phi) is 7.35. The van der Waals surface area contributed by atoms with Crippen molar-refractivity contribution >= 4 is 29.3 Å². The van der Waals surface area contributed by atoms with Crippen molar-refractivity contribution in [2.45, 2.75) is 69.5 Å². The number of esters is 1. The van der Waals surface area contributed by atoms with Crippen molar-refractivity contribution in [3.05, 3.63) is 41.2 Å². The summed E-state index contributed by atoms with van der Waals surface area (Å²) >= 11 is 0. The molecular formula is C22H30F3N3O4SSi. The van der Waals surface area contributed by atoms with E-state index in [4.69, 9.17) is 4.74 Å². The van der Waals surface area contributed by atoms with Gasteiger partial charge in [-0.05, 0) is 38.3 Å². The lowest BCUT2D eigenvalue weighted by Crippen LogP contribution is -2.40. The molecule has 12 heteroatoms. The second kappa shape index (κ2) is 9.46. The highest BCUT2D eigenvalue weighted by Gasteiger charge is 2.38. The van der Waals surface area contributed by atoms with Crippen LogP contribution in [0.25, 0.3) is 0 Å². The number of aromatic nitrogens is 2. The second-order valence-corrected chi connectivity index (χ2v) is 16.5. The van der Waals surface area contributed by atoms with Crippen LogP contribution in [0.2, 0.25) is 19.6 Å². The molecule has 34 heavy (non-hydrogen) atoms. The minimum absolute atomic E-state index is 0.0838. The zero-order chi connectivity index (χ0) is 25.5. The first-order valence-corrected chi connectivity index (χ1v) is 16.0. The van der Waals surface area contributed by atoms with Crippen molar-refractivity contribution in [1.29, 1.82) is 0 Å². The molecule has 0 saturated carbocycles. The fourth-order valence-electron chi connectivity index (χ4n) is 4.12. The summed E-state index contributed by atoms with van der Waals surface area (Å²) in [6.07, 6.45) is -1.38. The van der Waals surface area contributed by atoms with Crippen molar-refractivity contribution in [2.75, 3.05) is 13.7 Å². The Labute approximate surface area is 199 Å². The minimum Gasteiger partial charge on any atom is -0.465 e. The predicted octanol–water partition coefficient (Wildman–Crippen LogP) is 3.71. The Morgan fingerprint density at radius 1 is 1.26 bits per heavy atom. The number of hydrogen-bond donors (Lipinski definition) is 0. The van der Waals surface area contributed by atoms with Crippen molar-refractivity contribution in [1.82, 2.24) is 14.1 Å². The summed E-state index contributed by atoms with van der Waals surface area (Å²) in [6.45, 7) is 7.46. The quantitative estimate of drug-likeness (QED) is 0.413. The lowest BCUT2D eigenvalue weighted by atomic mass is 9.93. The SMILES string of the molecule is CCOC(=O)Cn1ncc2c1CCCC2N(C)S(=O)(=O)c1cc(C(F)(F)F)cc([Si](C)(C)C)c1. The van der Waals surface area contributed by atoms with E-state index in [0.717, 1.165) is 16.1 Å². The van der Waals surface area contributed by atoms with Crippen molar-refractivity contribution < 1.29 is 31.1 Å². The van der Waals surface area contributed by atoms with Gasteiger partial charge < -0.3 is 4.74 Å². The molecule has 1 atom stereocenters. The average molecular weight is 518 g/mol. The first-order valence-electron chi connectivity index (χ1n) is 11.1. The molecule has 0 aliphatic heterocycles. The molecule has 7 nitrogen and oxygen atoms in total. The van der Waals surface area contributed by atoms with Gasteiger partial charge in [0.05, 0.1) is 37.4 Å². The number of fused-ring (bicyclic) bond motifs is 1.